The molecule has 0 radical (unpaired) electrons. The Morgan fingerprint density at radius 1 is 0.886 bits per heavy atom. The molecule has 1 amide bonds. The molecule has 0 aromatic heterocycles. The topological polar surface area (TPSA) is 90.3 Å². The fraction of sp³-hybridized carbons (Fsp3) is 0.0370. The normalized spacial score (nSPS) is 10.9. The van der Waals surface area contributed by atoms with E-state index in [9.17, 15) is 18.5 Å². The second-order valence-electron chi connectivity index (χ2n) is 7.59. The molecule has 0 aliphatic heterocycles. The number of sulfonamides is 1. The summed E-state index contributed by atoms with van der Waals surface area (Å²) in [6.07, 6.45) is 0. The van der Waals surface area contributed by atoms with Crippen LogP contribution in [0.3, 0.4) is 0 Å². The highest BCUT2D eigenvalue weighted by Gasteiger charge is 2.27. The van der Waals surface area contributed by atoms with Crippen molar-refractivity contribution in [2.24, 2.45) is 0 Å². The largest absolute Gasteiger partial charge is 0.321 e. The van der Waals surface area contributed by atoms with Gasteiger partial charge in [-0.3, -0.25) is 9.10 Å². The van der Waals surface area contributed by atoms with E-state index >= 15 is 0 Å². The Bertz CT molecular complexity index is 1520. The molecule has 4 rings (SSSR count). The Hall–Kier alpha value is -4.12. The molecule has 0 saturated heterocycles. The summed E-state index contributed by atoms with van der Waals surface area (Å²) in [5.74, 6) is -0.530. The predicted molar refractivity (Wildman–Crippen MR) is 137 cm³/mol. The lowest BCUT2D eigenvalue weighted by atomic mass is 10.1. The molecular formula is C27H20ClN3O3S. The second-order valence-corrected chi connectivity index (χ2v) is 9.86. The highest BCUT2D eigenvalue weighted by Crippen LogP contribution is 2.32. The zero-order valence-electron chi connectivity index (χ0n) is 18.4. The van der Waals surface area contributed by atoms with Crippen molar-refractivity contribution in [3.63, 3.8) is 0 Å². The minimum atomic E-state index is -4.10. The van der Waals surface area contributed by atoms with Gasteiger partial charge in [0.15, 0.2) is 0 Å². The summed E-state index contributed by atoms with van der Waals surface area (Å²) >= 11 is 6.38. The summed E-state index contributed by atoms with van der Waals surface area (Å²) in [6.45, 7) is 0.0544. The second kappa shape index (κ2) is 10.4. The number of nitrogens with zero attached hydrogens (tertiary/aromatic N) is 2. The number of carbonyl (C=O) groups is 1. The summed E-state index contributed by atoms with van der Waals surface area (Å²) in [7, 11) is -4.10. The van der Waals surface area contributed by atoms with Gasteiger partial charge in [-0.1, -0.05) is 72.3 Å². The van der Waals surface area contributed by atoms with Crippen molar-refractivity contribution >= 4 is 38.9 Å². The van der Waals surface area contributed by atoms with Gasteiger partial charge in [-0.15, -0.1) is 0 Å². The van der Waals surface area contributed by atoms with Crippen LogP contribution in [0.1, 0.15) is 21.5 Å². The molecule has 4 aromatic carbocycles. The third-order valence-electron chi connectivity index (χ3n) is 5.27. The Kier molecular flexibility index (Phi) is 7.16. The summed E-state index contributed by atoms with van der Waals surface area (Å²) in [6, 6.07) is 30.2. The maximum Gasteiger partial charge on any atom is 0.264 e. The average molecular weight is 502 g/mol. The number of rotatable bonds is 7. The van der Waals surface area contributed by atoms with Crippen LogP contribution in [0.5, 0.6) is 0 Å². The summed E-state index contributed by atoms with van der Waals surface area (Å²) in [5.41, 5.74) is 1.89. The first-order chi connectivity index (χ1) is 16.9. The number of nitrogens with one attached hydrogen (secondary N) is 1. The number of anilines is 2. The monoisotopic (exact) mass is 501 g/mol. The fourth-order valence-electron chi connectivity index (χ4n) is 3.51. The number of halogens is 1. The van der Waals surface area contributed by atoms with Crippen molar-refractivity contribution in [3.05, 3.63) is 125 Å². The minimum absolute atomic E-state index is 0.0544. The van der Waals surface area contributed by atoms with Crippen molar-refractivity contribution in [1.29, 1.82) is 5.26 Å². The number of benzene rings is 4. The van der Waals surface area contributed by atoms with Crippen LogP contribution >= 0.6 is 11.6 Å². The van der Waals surface area contributed by atoms with Crippen molar-refractivity contribution in [2.45, 2.75) is 11.4 Å². The molecule has 0 fully saturated rings. The van der Waals surface area contributed by atoms with Crippen LogP contribution in [0.2, 0.25) is 5.02 Å². The average Bonchev–Trinajstić information content (AvgIpc) is 2.88. The number of hydrogen-bond donors (Lipinski definition) is 1. The molecule has 0 bridgehead atoms. The van der Waals surface area contributed by atoms with Gasteiger partial charge in [-0.25, -0.2) is 8.42 Å². The molecule has 0 saturated carbocycles. The van der Waals surface area contributed by atoms with Gasteiger partial charge in [0, 0.05) is 5.56 Å². The van der Waals surface area contributed by atoms with E-state index in [1.165, 1.54) is 28.6 Å². The Labute approximate surface area is 209 Å². The zero-order valence-corrected chi connectivity index (χ0v) is 20.0. The highest BCUT2D eigenvalue weighted by atomic mass is 35.5. The number of amides is 1. The van der Waals surface area contributed by atoms with Crippen LogP contribution in [0.4, 0.5) is 11.4 Å². The SMILES string of the molecule is N#Cc1ccccc1NC(=O)c1cccc(S(=O)(=O)N(Cc2ccccc2)c2ccccc2Cl)c1. The molecule has 1 N–H and O–H groups in total. The smallest absolute Gasteiger partial charge is 0.264 e. The number of hydrogen-bond acceptors (Lipinski definition) is 4. The van der Waals surface area contributed by atoms with Crippen molar-refractivity contribution < 1.29 is 13.2 Å². The van der Waals surface area contributed by atoms with Crippen molar-refractivity contribution in [1.82, 2.24) is 0 Å². The van der Waals surface area contributed by atoms with E-state index in [0.717, 1.165) is 5.56 Å². The van der Waals surface area contributed by atoms with Crippen molar-refractivity contribution in [3.8, 4) is 6.07 Å². The van der Waals surface area contributed by atoms with Crippen molar-refractivity contribution in [2.75, 3.05) is 9.62 Å². The van der Waals surface area contributed by atoms with Crippen LogP contribution in [0.25, 0.3) is 0 Å². The Balaban J connectivity index is 1.71. The van der Waals surface area contributed by atoms with Gasteiger partial charge in [0.05, 0.1) is 33.4 Å². The van der Waals surface area contributed by atoms with Gasteiger partial charge < -0.3 is 5.32 Å². The van der Waals surface area contributed by atoms with Gasteiger partial charge >= 0.3 is 0 Å². The van der Waals surface area contributed by atoms with Gasteiger partial charge in [0.25, 0.3) is 15.9 Å². The molecule has 0 spiro atoms. The number of nitriles is 1. The Morgan fingerprint density at radius 2 is 1.57 bits per heavy atom. The maximum atomic E-state index is 13.8. The van der Waals surface area contributed by atoms with E-state index in [0.29, 0.717) is 16.9 Å². The van der Waals surface area contributed by atoms with E-state index in [4.69, 9.17) is 11.6 Å². The van der Waals surface area contributed by atoms with Gasteiger partial charge in [0.1, 0.15) is 6.07 Å². The quantitative estimate of drug-likeness (QED) is 0.343. The zero-order chi connectivity index (χ0) is 24.8. The predicted octanol–water partition coefficient (Wildman–Crippen LogP) is 5.86. The van der Waals surface area contributed by atoms with E-state index in [1.54, 1.807) is 48.5 Å². The number of carbonyl (C=O) groups excluding carboxylic acids is 1. The maximum absolute atomic E-state index is 13.8. The lowest BCUT2D eigenvalue weighted by Crippen LogP contribution is -2.31. The van der Waals surface area contributed by atoms with Crippen LogP contribution in [0.15, 0.2) is 108 Å². The third-order valence-corrected chi connectivity index (χ3v) is 7.35. The molecule has 4 aromatic rings. The van der Waals surface area contributed by atoms with E-state index in [2.05, 4.69) is 5.32 Å². The number of para-hydroxylation sites is 2. The molecule has 0 heterocycles. The Morgan fingerprint density at radius 3 is 2.31 bits per heavy atom. The molecule has 0 aliphatic carbocycles. The molecule has 6 nitrogen and oxygen atoms in total. The summed E-state index contributed by atoms with van der Waals surface area (Å²) < 4.78 is 28.9. The molecule has 0 aliphatic rings. The first kappa shape index (κ1) is 24.0. The van der Waals surface area contributed by atoms with E-state index < -0.39 is 15.9 Å². The van der Waals surface area contributed by atoms with E-state index in [1.807, 2.05) is 36.4 Å². The van der Waals surface area contributed by atoms with Crippen LogP contribution in [-0.4, -0.2) is 14.3 Å². The van der Waals surface area contributed by atoms with Gasteiger partial charge in [-0.05, 0) is 48.0 Å². The van der Waals surface area contributed by atoms with Crippen LogP contribution in [0, 0.1) is 11.3 Å². The van der Waals surface area contributed by atoms with Gasteiger partial charge in [-0.2, -0.15) is 5.26 Å². The molecule has 8 heteroatoms. The third kappa shape index (κ3) is 5.35. The van der Waals surface area contributed by atoms with Crippen LogP contribution < -0.4 is 9.62 Å². The van der Waals surface area contributed by atoms with Gasteiger partial charge in [0.2, 0.25) is 0 Å². The lowest BCUT2D eigenvalue weighted by molar-refractivity contribution is 0.102. The first-order valence-electron chi connectivity index (χ1n) is 10.6. The molecule has 174 valence electrons. The molecular weight excluding hydrogens is 482 g/mol. The minimum Gasteiger partial charge on any atom is -0.321 e. The highest BCUT2D eigenvalue weighted by molar-refractivity contribution is 7.92. The molecule has 0 atom stereocenters. The summed E-state index contributed by atoms with van der Waals surface area (Å²) in [5, 5.41) is 12.2. The lowest BCUT2D eigenvalue weighted by Gasteiger charge is -2.26. The summed E-state index contributed by atoms with van der Waals surface area (Å²) in [4.78, 5) is 12.8. The molecule has 0 unspecified atom stereocenters. The van der Waals surface area contributed by atoms with E-state index in [-0.39, 0.29) is 22.0 Å². The standard InChI is InChI=1S/C27H20ClN3O3S/c28-24-14-5-7-16-26(24)31(19-20-9-2-1-3-10-20)35(33,34)23-13-8-12-21(17-23)27(32)30-25-15-6-4-11-22(25)18-29/h1-17H,19H2,(H,30,32). The first-order valence-corrected chi connectivity index (χ1v) is 12.4. The fourth-order valence-corrected chi connectivity index (χ4v) is 5.32. The van der Waals surface area contributed by atoms with Crippen LogP contribution in [-0.2, 0) is 16.6 Å². The molecule has 35 heavy (non-hydrogen) atoms.